The van der Waals surface area contributed by atoms with Crippen molar-refractivity contribution >= 4 is 11.6 Å². The van der Waals surface area contributed by atoms with Crippen LogP contribution in [0, 0.1) is 0 Å². The Balaban J connectivity index is 2.07. The van der Waals surface area contributed by atoms with Gasteiger partial charge >= 0.3 is 0 Å². The van der Waals surface area contributed by atoms with E-state index < -0.39 is 0 Å². The zero-order chi connectivity index (χ0) is 10.7. The molecule has 2 rings (SSSR count). The Kier molecular flexibility index (Phi) is 3.44. The van der Waals surface area contributed by atoms with Gasteiger partial charge in [-0.15, -0.1) is 0 Å². The summed E-state index contributed by atoms with van der Waals surface area (Å²) in [4.78, 5) is 4.18. The average molecular weight is 227 g/mol. The van der Waals surface area contributed by atoms with E-state index in [0.29, 0.717) is 23.6 Å². The molecular weight excluding hydrogens is 212 g/mol. The summed E-state index contributed by atoms with van der Waals surface area (Å²) in [5.74, 6) is 0.542. The van der Waals surface area contributed by atoms with Crippen molar-refractivity contribution in [2.45, 2.75) is 38.3 Å². The number of ether oxygens (including phenoxy) is 1. The number of hydrogen-bond donors (Lipinski definition) is 1. The van der Waals surface area contributed by atoms with Crippen LogP contribution in [0.15, 0.2) is 12.3 Å². The predicted molar refractivity (Wildman–Crippen MR) is 60.0 cm³/mol. The van der Waals surface area contributed by atoms with Gasteiger partial charge in [-0.1, -0.05) is 11.6 Å². The van der Waals surface area contributed by atoms with Gasteiger partial charge in [-0.25, -0.2) is 4.98 Å². The van der Waals surface area contributed by atoms with Crippen LogP contribution >= 0.6 is 11.6 Å². The van der Waals surface area contributed by atoms with Crippen LogP contribution in [0.4, 0.5) is 0 Å². The first kappa shape index (κ1) is 10.7. The standard InChI is InChI=1S/C11H15ClN2O/c12-10-5-8(6-13)7-14-11(10)15-9-3-1-2-4-9/h5,7,9H,1-4,6,13H2. The molecule has 3 nitrogen and oxygen atoms in total. The molecule has 2 N–H and O–H groups in total. The van der Waals surface area contributed by atoms with Crippen LogP contribution in [0.5, 0.6) is 5.88 Å². The van der Waals surface area contributed by atoms with E-state index in [9.17, 15) is 0 Å². The fourth-order valence-electron chi connectivity index (χ4n) is 1.83. The van der Waals surface area contributed by atoms with Crippen LogP contribution in [-0.4, -0.2) is 11.1 Å². The van der Waals surface area contributed by atoms with Gasteiger partial charge in [0, 0.05) is 12.7 Å². The summed E-state index contributed by atoms with van der Waals surface area (Å²) in [7, 11) is 0. The van der Waals surface area contributed by atoms with Crippen molar-refractivity contribution < 1.29 is 4.74 Å². The third-order valence-corrected chi connectivity index (χ3v) is 2.95. The molecule has 1 aromatic rings. The molecule has 0 amide bonds. The van der Waals surface area contributed by atoms with E-state index in [-0.39, 0.29) is 0 Å². The quantitative estimate of drug-likeness (QED) is 0.862. The SMILES string of the molecule is NCc1cnc(OC2CCCC2)c(Cl)c1. The van der Waals surface area contributed by atoms with Crippen LogP contribution in [0.2, 0.25) is 5.02 Å². The highest BCUT2D eigenvalue weighted by Gasteiger charge is 2.18. The molecule has 4 heteroatoms. The Morgan fingerprint density at radius 1 is 1.47 bits per heavy atom. The number of nitrogens with two attached hydrogens (primary N) is 1. The number of pyridine rings is 1. The Bertz CT molecular complexity index is 337. The molecule has 1 heterocycles. The zero-order valence-corrected chi connectivity index (χ0v) is 9.33. The highest BCUT2D eigenvalue weighted by atomic mass is 35.5. The lowest BCUT2D eigenvalue weighted by atomic mass is 10.3. The van der Waals surface area contributed by atoms with Crippen molar-refractivity contribution in [3.8, 4) is 5.88 Å². The molecule has 1 fully saturated rings. The number of hydrogen-bond acceptors (Lipinski definition) is 3. The van der Waals surface area contributed by atoms with E-state index in [4.69, 9.17) is 22.1 Å². The topological polar surface area (TPSA) is 48.1 Å². The second-order valence-electron chi connectivity index (χ2n) is 3.86. The summed E-state index contributed by atoms with van der Waals surface area (Å²) in [5, 5.41) is 0.560. The Morgan fingerprint density at radius 2 is 2.20 bits per heavy atom. The van der Waals surface area contributed by atoms with E-state index in [1.165, 1.54) is 12.8 Å². The second-order valence-corrected chi connectivity index (χ2v) is 4.27. The van der Waals surface area contributed by atoms with Gasteiger partial charge in [-0.2, -0.15) is 0 Å². The minimum Gasteiger partial charge on any atom is -0.473 e. The second kappa shape index (κ2) is 4.81. The largest absolute Gasteiger partial charge is 0.473 e. The zero-order valence-electron chi connectivity index (χ0n) is 8.58. The number of rotatable bonds is 3. The number of nitrogens with zero attached hydrogens (tertiary/aromatic N) is 1. The molecule has 0 aromatic carbocycles. The highest BCUT2D eigenvalue weighted by molar-refractivity contribution is 6.31. The minimum absolute atomic E-state index is 0.290. The summed E-state index contributed by atoms with van der Waals surface area (Å²) < 4.78 is 5.72. The van der Waals surface area contributed by atoms with Crippen molar-refractivity contribution in [3.63, 3.8) is 0 Å². The third kappa shape index (κ3) is 2.61. The first-order chi connectivity index (χ1) is 7.29. The van der Waals surface area contributed by atoms with Crippen molar-refractivity contribution in [3.05, 3.63) is 22.8 Å². The van der Waals surface area contributed by atoms with Gasteiger partial charge in [0.25, 0.3) is 0 Å². The van der Waals surface area contributed by atoms with Gasteiger partial charge in [0.2, 0.25) is 5.88 Å². The lowest BCUT2D eigenvalue weighted by Crippen LogP contribution is -2.12. The Hall–Kier alpha value is -0.800. The van der Waals surface area contributed by atoms with Crippen molar-refractivity contribution in [1.82, 2.24) is 4.98 Å². The Labute approximate surface area is 94.6 Å². The van der Waals surface area contributed by atoms with Crippen LogP contribution in [-0.2, 0) is 6.54 Å². The molecule has 1 aromatic heterocycles. The summed E-state index contributed by atoms with van der Waals surface area (Å²) in [5.41, 5.74) is 6.42. The third-order valence-electron chi connectivity index (χ3n) is 2.68. The molecule has 15 heavy (non-hydrogen) atoms. The minimum atomic E-state index is 0.290. The summed E-state index contributed by atoms with van der Waals surface area (Å²) in [6.07, 6.45) is 6.70. The Morgan fingerprint density at radius 3 is 2.80 bits per heavy atom. The molecule has 1 aliphatic carbocycles. The normalized spacial score (nSPS) is 16.9. The fraction of sp³-hybridized carbons (Fsp3) is 0.545. The molecule has 0 atom stereocenters. The van der Waals surface area contributed by atoms with Crippen LogP contribution < -0.4 is 10.5 Å². The smallest absolute Gasteiger partial charge is 0.232 e. The molecule has 0 radical (unpaired) electrons. The van der Waals surface area contributed by atoms with Crippen LogP contribution in [0.25, 0.3) is 0 Å². The predicted octanol–water partition coefficient (Wildman–Crippen LogP) is 2.52. The molecule has 82 valence electrons. The first-order valence-corrected chi connectivity index (χ1v) is 5.68. The summed E-state index contributed by atoms with van der Waals surface area (Å²) >= 11 is 6.04. The highest BCUT2D eigenvalue weighted by Crippen LogP contribution is 2.28. The average Bonchev–Trinajstić information content (AvgIpc) is 2.74. The van der Waals surface area contributed by atoms with Gasteiger partial charge in [-0.05, 0) is 37.3 Å². The van der Waals surface area contributed by atoms with E-state index in [2.05, 4.69) is 4.98 Å². The van der Waals surface area contributed by atoms with E-state index in [1.807, 2.05) is 6.07 Å². The van der Waals surface area contributed by atoms with Gasteiger partial charge < -0.3 is 10.5 Å². The monoisotopic (exact) mass is 226 g/mol. The molecular formula is C11H15ClN2O. The van der Waals surface area contributed by atoms with Gasteiger partial charge in [-0.3, -0.25) is 0 Å². The number of aromatic nitrogens is 1. The maximum absolute atomic E-state index is 6.04. The maximum atomic E-state index is 6.04. The van der Waals surface area contributed by atoms with Crippen molar-refractivity contribution in [1.29, 1.82) is 0 Å². The molecule has 0 aliphatic heterocycles. The van der Waals surface area contributed by atoms with Crippen LogP contribution in [0.3, 0.4) is 0 Å². The van der Waals surface area contributed by atoms with Gasteiger partial charge in [0.05, 0.1) is 0 Å². The number of halogens is 1. The lowest BCUT2D eigenvalue weighted by Gasteiger charge is -2.13. The first-order valence-electron chi connectivity index (χ1n) is 5.30. The summed E-state index contributed by atoms with van der Waals surface area (Å²) in [6, 6.07) is 1.82. The van der Waals surface area contributed by atoms with E-state index in [1.54, 1.807) is 6.20 Å². The molecule has 1 saturated carbocycles. The van der Waals surface area contributed by atoms with Crippen molar-refractivity contribution in [2.75, 3.05) is 0 Å². The molecule has 0 bridgehead atoms. The molecule has 0 spiro atoms. The molecule has 1 aliphatic rings. The van der Waals surface area contributed by atoms with E-state index >= 15 is 0 Å². The van der Waals surface area contributed by atoms with E-state index in [0.717, 1.165) is 18.4 Å². The van der Waals surface area contributed by atoms with Crippen molar-refractivity contribution in [2.24, 2.45) is 5.73 Å². The lowest BCUT2D eigenvalue weighted by molar-refractivity contribution is 0.201. The fourth-order valence-corrected chi connectivity index (χ4v) is 2.06. The van der Waals surface area contributed by atoms with Gasteiger partial charge in [0.15, 0.2) is 0 Å². The maximum Gasteiger partial charge on any atom is 0.232 e. The van der Waals surface area contributed by atoms with Gasteiger partial charge in [0.1, 0.15) is 11.1 Å². The summed E-state index contributed by atoms with van der Waals surface area (Å²) in [6.45, 7) is 0.455. The molecule has 0 unspecified atom stereocenters. The van der Waals surface area contributed by atoms with Crippen LogP contribution in [0.1, 0.15) is 31.2 Å². The molecule has 0 saturated heterocycles.